The number of carbonyl (C=O) groups is 1. The fraction of sp³-hybridized carbons (Fsp3) is 0.105. The first-order valence-electron chi connectivity index (χ1n) is 7.57. The van der Waals surface area contributed by atoms with Crippen molar-refractivity contribution >= 4 is 21.8 Å². The summed E-state index contributed by atoms with van der Waals surface area (Å²) in [6.07, 6.45) is 5.61. The van der Waals surface area contributed by atoms with Crippen LogP contribution >= 0.6 is 15.9 Å². The van der Waals surface area contributed by atoms with Crippen LogP contribution in [0.2, 0.25) is 0 Å². The average molecular weight is 382 g/mol. The van der Waals surface area contributed by atoms with Crippen LogP contribution in [0, 0.1) is 0 Å². The second-order valence-corrected chi connectivity index (χ2v) is 6.28. The van der Waals surface area contributed by atoms with Crippen molar-refractivity contribution in [2.45, 2.75) is 13.0 Å². The van der Waals surface area contributed by atoms with E-state index in [2.05, 4.69) is 31.2 Å². The van der Waals surface area contributed by atoms with Crippen LogP contribution in [-0.4, -0.2) is 15.9 Å². The van der Waals surface area contributed by atoms with E-state index in [0.717, 1.165) is 26.9 Å². The van der Waals surface area contributed by atoms with E-state index in [4.69, 9.17) is 0 Å². The van der Waals surface area contributed by atoms with Crippen molar-refractivity contribution in [3.05, 3.63) is 82.7 Å². The maximum absolute atomic E-state index is 12.1. The fourth-order valence-electron chi connectivity index (χ4n) is 2.32. The third-order valence-electron chi connectivity index (χ3n) is 3.57. The fourth-order valence-corrected chi connectivity index (χ4v) is 2.58. The maximum atomic E-state index is 12.1. The first-order valence-corrected chi connectivity index (χ1v) is 8.36. The maximum Gasteiger partial charge on any atom is 0.224 e. The molecule has 1 N–H and O–H groups in total. The SMILES string of the molecule is O=C(Cc1ccc(Br)cc1)NCc1ccnc(-c2ccncc2)c1. The quantitative estimate of drug-likeness (QED) is 0.731. The third-order valence-corrected chi connectivity index (χ3v) is 4.10. The first kappa shape index (κ1) is 16.3. The van der Waals surface area contributed by atoms with E-state index < -0.39 is 0 Å². The van der Waals surface area contributed by atoms with Crippen LogP contribution in [0.4, 0.5) is 0 Å². The molecular weight excluding hydrogens is 366 g/mol. The summed E-state index contributed by atoms with van der Waals surface area (Å²) in [5, 5.41) is 2.95. The molecule has 3 aromatic rings. The summed E-state index contributed by atoms with van der Waals surface area (Å²) < 4.78 is 1.01. The molecule has 0 fully saturated rings. The molecule has 0 atom stereocenters. The van der Waals surface area contributed by atoms with Gasteiger partial charge < -0.3 is 5.32 Å². The summed E-state index contributed by atoms with van der Waals surface area (Å²) in [4.78, 5) is 20.5. The zero-order chi connectivity index (χ0) is 16.8. The van der Waals surface area contributed by atoms with Gasteiger partial charge in [0.15, 0.2) is 0 Å². The van der Waals surface area contributed by atoms with Gasteiger partial charge in [-0.15, -0.1) is 0 Å². The Labute approximate surface area is 149 Å². The Bertz CT molecular complexity index is 820. The van der Waals surface area contributed by atoms with Gasteiger partial charge in [0.25, 0.3) is 0 Å². The van der Waals surface area contributed by atoms with Gasteiger partial charge in [0.05, 0.1) is 12.1 Å². The van der Waals surface area contributed by atoms with Gasteiger partial charge in [-0.25, -0.2) is 0 Å². The van der Waals surface area contributed by atoms with Crippen LogP contribution in [0.1, 0.15) is 11.1 Å². The van der Waals surface area contributed by atoms with E-state index in [9.17, 15) is 4.79 Å². The van der Waals surface area contributed by atoms with E-state index in [1.54, 1.807) is 18.6 Å². The minimum absolute atomic E-state index is 0.000374. The Morgan fingerprint density at radius 3 is 2.46 bits per heavy atom. The highest BCUT2D eigenvalue weighted by molar-refractivity contribution is 9.10. The lowest BCUT2D eigenvalue weighted by atomic mass is 10.1. The number of halogens is 1. The van der Waals surface area contributed by atoms with E-state index in [-0.39, 0.29) is 5.91 Å². The Kier molecular flexibility index (Phi) is 5.33. The van der Waals surface area contributed by atoms with Crippen molar-refractivity contribution < 1.29 is 4.79 Å². The monoisotopic (exact) mass is 381 g/mol. The molecule has 0 saturated carbocycles. The second kappa shape index (κ2) is 7.84. The van der Waals surface area contributed by atoms with Crippen molar-refractivity contribution in [1.82, 2.24) is 15.3 Å². The highest BCUT2D eigenvalue weighted by Gasteiger charge is 2.05. The lowest BCUT2D eigenvalue weighted by molar-refractivity contribution is -0.120. The summed E-state index contributed by atoms with van der Waals surface area (Å²) in [6.45, 7) is 0.482. The molecule has 0 bridgehead atoms. The number of hydrogen-bond donors (Lipinski definition) is 1. The molecule has 0 aliphatic carbocycles. The number of amides is 1. The molecule has 2 aromatic heterocycles. The molecule has 5 heteroatoms. The Balaban J connectivity index is 1.60. The number of benzene rings is 1. The highest BCUT2D eigenvalue weighted by atomic mass is 79.9. The van der Waals surface area contributed by atoms with Crippen LogP contribution in [0.3, 0.4) is 0 Å². The lowest BCUT2D eigenvalue weighted by Gasteiger charge is -2.07. The minimum Gasteiger partial charge on any atom is -0.352 e. The van der Waals surface area contributed by atoms with Crippen molar-refractivity contribution in [3.63, 3.8) is 0 Å². The van der Waals surface area contributed by atoms with Crippen LogP contribution in [-0.2, 0) is 17.8 Å². The summed E-state index contributed by atoms with van der Waals surface area (Å²) in [5.74, 6) is -0.000374. The van der Waals surface area contributed by atoms with Gasteiger partial charge in [-0.1, -0.05) is 28.1 Å². The van der Waals surface area contributed by atoms with E-state index in [0.29, 0.717) is 13.0 Å². The number of hydrogen-bond acceptors (Lipinski definition) is 3. The van der Waals surface area contributed by atoms with E-state index in [1.807, 2.05) is 48.5 Å². The first-order chi connectivity index (χ1) is 11.7. The number of rotatable bonds is 5. The van der Waals surface area contributed by atoms with Crippen molar-refractivity contribution in [2.75, 3.05) is 0 Å². The van der Waals surface area contributed by atoms with E-state index in [1.165, 1.54) is 0 Å². The van der Waals surface area contributed by atoms with Gasteiger partial charge in [0.2, 0.25) is 5.91 Å². The molecule has 4 nitrogen and oxygen atoms in total. The van der Waals surface area contributed by atoms with Crippen molar-refractivity contribution in [3.8, 4) is 11.3 Å². The highest BCUT2D eigenvalue weighted by Crippen LogP contribution is 2.16. The van der Waals surface area contributed by atoms with Crippen LogP contribution in [0.25, 0.3) is 11.3 Å². The van der Waals surface area contributed by atoms with E-state index >= 15 is 0 Å². The van der Waals surface area contributed by atoms with Crippen LogP contribution in [0.15, 0.2) is 71.6 Å². The smallest absolute Gasteiger partial charge is 0.224 e. The van der Waals surface area contributed by atoms with Crippen LogP contribution < -0.4 is 5.32 Å². The zero-order valence-electron chi connectivity index (χ0n) is 12.9. The van der Waals surface area contributed by atoms with Gasteiger partial charge in [-0.3, -0.25) is 14.8 Å². The third kappa shape index (κ3) is 4.49. The zero-order valence-corrected chi connectivity index (χ0v) is 14.5. The molecule has 2 heterocycles. The molecule has 0 aliphatic rings. The van der Waals surface area contributed by atoms with Crippen molar-refractivity contribution in [2.24, 2.45) is 0 Å². The number of pyridine rings is 2. The molecular formula is C19H16BrN3O. The largest absolute Gasteiger partial charge is 0.352 e. The molecule has 1 amide bonds. The summed E-state index contributed by atoms with van der Waals surface area (Å²) >= 11 is 3.39. The van der Waals surface area contributed by atoms with Gasteiger partial charge in [-0.2, -0.15) is 0 Å². The normalized spacial score (nSPS) is 10.4. The van der Waals surface area contributed by atoms with Gasteiger partial charge in [0, 0.05) is 35.2 Å². The Morgan fingerprint density at radius 2 is 1.71 bits per heavy atom. The lowest BCUT2D eigenvalue weighted by Crippen LogP contribution is -2.24. The molecule has 1 aromatic carbocycles. The standard InChI is InChI=1S/C19H16BrN3O/c20-17-3-1-14(2-4-17)12-19(24)23-13-15-5-10-22-18(11-15)16-6-8-21-9-7-16/h1-11H,12-13H2,(H,23,24). The van der Waals surface area contributed by atoms with Crippen LogP contribution in [0.5, 0.6) is 0 Å². The molecule has 0 unspecified atom stereocenters. The Hall–Kier alpha value is -2.53. The molecule has 0 aliphatic heterocycles. The molecule has 0 radical (unpaired) electrons. The van der Waals surface area contributed by atoms with Gasteiger partial charge >= 0.3 is 0 Å². The number of aromatic nitrogens is 2. The van der Waals surface area contributed by atoms with Crippen molar-refractivity contribution in [1.29, 1.82) is 0 Å². The number of carbonyl (C=O) groups excluding carboxylic acids is 1. The molecule has 24 heavy (non-hydrogen) atoms. The number of nitrogens with zero attached hydrogens (tertiary/aromatic N) is 2. The summed E-state index contributed by atoms with van der Waals surface area (Å²) in [5.41, 5.74) is 3.88. The predicted molar refractivity (Wildman–Crippen MR) is 97.2 cm³/mol. The second-order valence-electron chi connectivity index (χ2n) is 5.37. The van der Waals surface area contributed by atoms with Gasteiger partial charge in [-0.05, 0) is 47.5 Å². The molecule has 0 saturated heterocycles. The predicted octanol–water partition coefficient (Wildman–Crippen LogP) is 3.77. The topological polar surface area (TPSA) is 54.9 Å². The van der Waals surface area contributed by atoms with Gasteiger partial charge in [0.1, 0.15) is 0 Å². The summed E-state index contributed by atoms with van der Waals surface area (Å²) in [6, 6.07) is 15.5. The average Bonchev–Trinajstić information content (AvgIpc) is 2.63. The number of nitrogens with one attached hydrogen (secondary N) is 1. The molecule has 0 spiro atoms. The minimum atomic E-state index is -0.000374. The molecule has 120 valence electrons. The summed E-state index contributed by atoms with van der Waals surface area (Å²) in [7, 11) is 0. The molecule has 3 rings (SSSR count). The Morgan fingerprint density at radius 1 is 0.958 bits per heavy atom.